The molecule has 1 unspecified atom stereocenters. The van der Waals surface area contributed by atoms with E-state index in [0.29, 0.717) is 28.3 Å². The first-order chi connectivity index (χ1) is 20.0. The Labute approximate surface area is 235 Å². The van der Waals surface area contributed by atoms with Crippen molar-refractivity contribution in [1.29, 1.82) is 0 Å². The monoisotopic (exact) mass is 554 g/mol. The van der Waals surface area contributed by atoms with Crippen molar-refractivity contribution in [3.8, 4) is 11.5 Å². The molecular formula is C31H30N4O6. The summed E-state index contributed by atoms with van der Waals surface area (Å²) in [5, 5.41) is 24.1. The quantitative estimate of drug-likeness (QED) is 0.249. The summed E-state index contributed by atoms with van der Waals surface area (Å²) in [7, 11) is 3.16. The number of fused-ring (bicyclic) bond motifs is 1. The lowest BCUT2D eigenvalue weighted by atomic mass is 9.63. The second kappa shape index (κ2) is 10.8. The molecule has 1 saturated heterocycles. The number of nitrogens with zero attached hydrogens (tertiary/aromatic N) is 3. The lowest BCUT2D eigenvalue weighted by Crippen LogP contribution is -2.51. The molecule has 0 amide bonds. The van der Waals surface area contributed by atoms with E-state index in [1.165, 1.54) is 12.7 Å². The Hall–Kier alpha value is -4.51. The number of rotatable bonds is 8. The number of aliphatic hydroxyl groups excluding tert-OH is 2. The summed E-state index contributed by atoms with van der Waals surface area (Å²) in [6, 6.07) is 24.5. The predicted octanol–water partition coefficient (Wildman–Crippen LogP) is 3.18. The summed E-state index contributed by atoms with van der Waals surface area (Å²) in [6.07, 6.45) is -1.29. The fourth-order valence-corrected chi connectivity index (χ4v) is 6.04. The zero-order chi connectivity index (χ0) is 28.6. The lowest BCUT2D eigenvalue weighted by Gasteiger charge is -2.43. The Bertz CT molecular complexity index is 1670. The van der Waals surface area contributed by atoms with Crippen LogP contribution in [-0.2, 0) is 10.2 Å². The zero-order valence-corrected chi connectivity index (χ0v) is 22.5. The molecule has 6 rings (SSSR count). The Morgan fingerprint density at radius 1 is 0.951 bits per heavy atom. The average Bonchev–Trinajstić information content (AvgIpc) is 3.62. The van der Waals surface area contributed by atoms with Crippen LogP contribution in [0.5, 0.6) is 11.5 Å². The number of aromatic nitrogens is 4. The normalized spacial score (nSPS) is 19.8. The Balaban J connectivity index is 1.55. The van der Waals surface area contributed by atoms with E-state index >= 15 is 0 Å². The first-order valence-corrected chi connectivity index (χ1v) is 13.2. The van der Waals surface area contributed by atoms with Crippen molar-refractivity contribution >= 4 is 11.2 Å². The van der Waals surface area contributed by atoms with Crippen LogP contribution in [0.3, 0.4) is 0 Å². The van der Waals surface area contributed by atoms with Gasteiger partial charge in [-0.25, -0.2) is 9.97 Å². The van der Waals surface area contributed by atoms with E-state index in [1.807, 2.05) is 78.9 Å². The van der Waals surface area contributed by atoms with Crippen LogP contribution >= 0.6 is 0 Å². The van der Waals surface area contributed by atoms with Gasteiger partial charge in [0.2, 0.25) is 0 Å². The summed E-state index contributed by atoms with van der Waals surface area (Å²) in [6.45, 7) is 0. The number of imidazole rings is 1. The van der Waals surface area contributed by atoms with Gasteiger partial charge in [0, 0.05) is 17.5 Å². The van der Waals surface area contributed by atoms with E-state index in [-0.39, 0.29) is 17.5 Å². The molecule has 0 spiro atoms. The van der Waals surface area contributed by atoms with E-state index in [0.717, 1.165) is 5.56 Å². The molecule has 2 aromatic heterocycles. The van der Waals surface area contributed by atoms with Gasteiger partial charge in [0.15, 0.2) is 11.2 Å². The van der Waals surface area contributed by atoms with Gasteiger partial charge in [-0.1, -0.05) is 66.7 Å². The molecule has 1 aliphatic rings. The van der Waals surface area contributed by atoms with Gasteiger partial charge in [0.05, 0.1) is 38.4 Å². The molecule has 4 atom stereocenters. The topological polar surface area (TPSA) is 132 Å². The van der Waals surface area contributed by atoms with E-state index in [1.54, 1.807) is 18.8 Å². The molecule has 5 aromatic rings. The summed E-state index contributed by atoms with van der Waals surface area (Å²) in [5.41, 5.74) is 0.910. The molecule has 3 heterocycles. The molecule has 1 fully saturated rings. The number of nitrogens with one attached hydrogen (secondary N) is 1. The number of para-hydroxylation sites is 2. The number of benzene rings is 3. The van der Waals surface area contributed by atoms with Crippen LogP contribution in [0.4, 0.5) is 0 Å². The van der Waals surface area contributed by atoms with Gasteiger partial charge < -0.3 is 29.4 Å². The fourth-order valence-electron chi connectivity index (χ4n) is 6.04. The molecule has 0 saturated carbocycles. The van der Waals surface area contributed by atoms with E-state index in [2.05, 4.69) is 15.0 Å². The number of methoxy groups -OCH3 is 2. The highest BCUT2D eigenvalue weighted by molar-refractivity contribution is 5.69. The maximum Gasteiger partial charge on any atom is 0.278 e. The molecule has 3 aromatic carbocycles. The van der Waals surface area contributed by atoms with Crippen LogP contribution in [0.25, 0.3) is 11.2 Å². The molecule has 1 aliphatic heterocycles. The third-order valence-electron chi connectivity index (χ3n) is 7.86. The maximum atomic E-state index is 12.6. The third kappa shape index (κ3) is 4.28. The average molecular weight is 555 g/mol. The Morgan fingerprint density at radius 3 is 2.20 bits per heavy atom. The van der Waals surface area contributed by atoms with Crippen LogP contribution in [0.1, 0.15) is 29.3 Å². The van der Waals surface area contributed by atoms with Crippen LogP contribution < -0.4 is 15.0 Å². The number of hydrogen-bond acceptors (Lipinski definition) is 8. The Kier molecular flexibility index (Phi) is 7.04. The second-order valence-electron chi connectivity index (χ2n) is 9.93. The largest absolute Gasteiger partial charge is 0.496 e. The van der Waals surface area contributed by atoms with Gasteiger partial charge in [0.25, 0.3) is 5.56 Å². The molecule has 41 heavy (non-hydrogen) atoms. The van der Waals surface area contributed by atoms with Crippen LogP contribution in [0, 0.1) is 0 Å². The highest BCUT2D eigenvalue weighted by atomic mass is 16.5. The summed E-state index contributed by atoms with van der Waals surface area (Å²) in [5.74, 6) is 1.10. The number of hydrogen-bond donors (Lipinski definition) is 3. The first kappa shape index (κ1) is 26.7. The summed E-state index contributed by atoms with van der Waals surface area (Å²) < 4.78 is 19.7. The van der Waals surface area contributed by atoms with Crippen molar-refractivity contribution < 1.29 is 24.4 Å². The second-order valence-corrected chi connectivity index (χ2v) is 9.93. The van der Waals surface area contributed by atoms with Crippen molar-refractivity contribution in [2.24, 2.45) is 0 Å². The van der Waals surface area contributed by atoms with E-state index in [9.17, 15) is 15.0 Å². The minimum Gasteiger partial charge on any atom is -0.496 e. The molecular weight excluding hydrogens is 524 g/mol. The highest BCUT2D eigenvalue weighted by Crippen LogP contribution is 2.51. The molecule has 3 N–H and O–H groups in total. The maximum absolute atomic E-state index is 12.6. The summed E-state index contributed by atoms with van der Waals surface area (Å²) in [4.78, 5) is 23.2. The molecule has 0 aliphatic carbocycles. The van der Waals surface area contributed by atoms with Crippen LogP contribution in [0.15, 0.2) is 96.3 Å². The molecule has 0 bridgehead atoms. The SMILES string of the molecule is COc1ccccc1C(c1ccccc1)(c1ccccc1OC)C(O)[C@H]1O[C@@H](n2cnc3c(=O)[nH]cnc32)C[C@@H]1O. The third-order valence-corrected chi connectivity index (χ3v) is 7.86. The lowest BCUT2D eigenvalue weighted by molar-refractivity contribution is -0.0963. The van der Waals surface area contributed by atoms with Gasteiger partial charge in [-0.2, -0.15) is 0 Å². The highest BCUT2D eigenvalue weighted by Gasteiger charge is 2.54. The molecule has 10 nitrogen and oxygen atoms in total. The van der Waals surface area contributed by atoms with Crippen LogP contribution in [-0.4, -0.2) is 62.3 Å². The summed E-state index contributed by atoms with van der Waals surface area (Å²) >= 11 is 0. The molecule has 10 heteroatoms. The van der Waals surface area contributed by atoms with Crippen LogP contribution in [0.2, 0.25) is 0 Å². The standard InChI is InChI=1S/C31H30N4O6/c1-39-23-14-8-6-12-20(23)31(19-10-4-3-5-11-19,21-13-7-9-15-24(21)40-2)28(37)27-22(36)16-25(41-27)35-18-34-26-29(35)32-17-33-30(26)38/h3-15,17-18,22,25,27-28,36-37H,16H2,1-2H3,(H,32,33,38)/t22-,25+,27-,28?/m0/s1. The Morgan fingerprint density at radius 2 is 1.56 bits per heavy atom. The number of aliphatic hydroxyl groups is 2. The first-order valence-electron chi connectivity index (χ1n) is 13.2. The predicted molar refractivity (Wildman–Crippen MR) is 151 cm³/mol. The van der Waals surface area contributed by atoms with Gasteiger partial charge in [-0.3, -0.25) is 9.36 Å². The van der Waals surface area contributed by atoms with Gasteiger partial charge in [0.1, 0.15) is 29.9 Å². The number of ether oxygens (including phenoxy) is 3. The van der Waals surface area contributed by atoms with Crippen molar-refractivity contribution in [3.63, 3.8) is 0 Å². The minimum absolute atomic E-state index is 0.143. The fraction of sp³-hybridized carbons (Fsp3) is 0.258. The number of H-pyrrole nitrogens is 1. The van der Waals surface area contributed by atoms with Gasteiger partial charge >= 0.3 is 0 Å². The van der Waals surface area contributed by atoms with Gasteiger partial charge in [-0.15, -0.1) is 0 Å². The minimum atomic E-state index is -1.33. The zero-order valence-electron chi connectivity index (χ0n) is 22.5. The van der Waals surface area contributed by atoms with E-state index < -0.39 is 30.0 Å². The van der Waals surface area contributed by atoms with Crippen molar-refractivity contribution in [2.45, 2.75) is 36.4 Å². The van der Waals surface area contributed by atoms with E-state index in [4.69, 9.17) is 14.2 Å². The van der Waals surface area contributed by atoms with Gasteiger partial charge in [-0.05, 0) is 17.7 Å². The van der Waals surface area contributed by atoms with Crippen molar-refractivity contribution in [3.05, 3.63) is 119 Å². The number of aromatic amines is 1. The van der Waals surface area contributed by atoms with Crippen molar-refractivity contribution in [1.82, 2.24) is 19.5 Å². The van der Waals surface area contributed by atoms with Crippen molar-refractivity contribution in [2.75, 3.05) is 14.2 Å². The smallest absolute Gasteiger partial charge is 0.278 e. The molecule has 0 radical (unpaired) electrons. The molecule has 210 valence electrons.